The third kappa shape index (κ3) is 4.11. The summed E-state index contributed by atoms with van der Waals surface area (Å²) in [5.74, 6) is 1.12. The topological polar surface area (TPSA) is 89.3 Å². The summed E-state index contributed by atoms with van der Waals surface area (Å²) in [7, 11) is 0. The zero-order valence-electron chi connectivity index (χ0n) is 13.0. The molecule has 0 bridgehead atoms. The molecule has 0 radical (unpaired) electrons. The van der Waals surface area contributed by atoms with Crippen molar-refractivity contribution in [2.24, 2.45) is 10.7 Å². The van der Waals surface area contributed by atoms with Crippen LogP contribution in [-0.2, 0) is 6.54 Å². The maximum atomic E-state index is 5.96. The largest absolute Gasteiger partial charge is 0.370 e. The maximum absolute atomic E-state index is 5.96. The van der Waals surface area contributed by atoms with Crippen molar-refractivity contribution in [1.29, 1.82) is 0 Å². The van der Waals surface area contributed by atoms with E-state index in [9.17, 15) is 0 Å². The van der Waals surface area contributed by atoms with Crippen LogP contribution in [0.2, 0.25) is 5.02 Å². The highest BCUT2D eigenvalue weighted by Crippen LogP contribution is 2.20. The Morgan fingerprint density at radius 1 is 1.25 bits per heavy atom. The van der Waals surface area contributed by atoms with Crippen molar-refractivity contribution in [1.82, 2.24) is 10.1 Å². The van der Waals surface area contributed by atoms with Crippen LogP contribution in [0.1, 0.15) is 11.5 Å². The molecule has 7 heteroatoms. The number of nitrogens with one attached hydrogen (secondary N) is 1. The SMILES string of the molecule is Cc1cccc(NC(N)=NCc2nc(-c3cccc(Cl)c3)no2)c1. The molecule has 0 aliphatic heterocycles. The first-order valence-corrected chi connectivity index (χ1v) is 7.70. The number of benzene rings is 2. The minimum absolute atomic E-state index is 0.193. The fourth-order valence-electron chi connectivity index (χ4n) is 2.13. The summed E-state index contributed by atoms with van der Waals surface area (Å²) in [5.41, 5.74) is 8.67. The van der Waals surface area contributed by atoms with Crippen LogP contribution in [0.15, 0.2) is 58.0 Å². The molecule has 0 amide bonds. The zero-order chi connectivity index (χ0) is 16.9. The van der Waals surface area contributed by atoms with Gasteiger partial charge in [0.25, 0.3) is 0 Å². The predicted molar refractivity (Wildman–Crippen MR) is 94.9 cm³/mol. The second kappa shape index (κ2) is 7.14. The van der Waals surface area contributed by atoms with Gasteiger partial charge in [0.1, 0.15) is 6.54 Å². The van der Waals surface area contributed by atoms with Crippen molar-refractivity contribution in [3.05, 3.63) is 65.0 Å². The van der Waals surface area contributed by atoms with Gasteiger partial charge in [0.05, 0.1) is 0 Å². The van der Waals surface area contributed by atoms with E-state index in [2.05, 4.69) is 20.4 Å². The molecule has 0 aliphatic carbocycles. The summed E-state index contributed by atoms with van der Waals surface area (Å²) in [6, 6.07) is 15.1. The molecule has 1 heterocycles. The van der Waals surface area contributed by atoms with Gasteiger partial charge in [0.2, 0.25) is 11.7 Å². The predicted octanol–water partition coefficient (Wildman–Crippen LogP) is 3.63. The summed E-state index contributed by atoms with van der Waals surface area (Å²) in [4.78, 5) is 8.49. The van der Waals surface area contributed by atoms with E-state index in [4.69, 9.17) is 21.9 Å². The molecule has 0 aliphatic rings. The van der Waals surface area contributed by atoms with E-state index in [0.717, 1.165) is 16.8 Å². The standard InChI is InChI=1S/C17H16ClN5O/c1-11-4-2-7-14(8-11)21-17(19)20-10-15-22-16(23-24-15)12-5-3-6-13(18)9-12/h2-9H,10H2,1H3,(H3,19,20,21). The molecule has 24 heavy (non-hydrogen) atoms. The summed E-state index contributed by atoms with van der Waals surface area (Å²) < 4.78 is 5.18. The lowest BCUT2D eigenvalue weighted by molar-refractivity contribution is 0.381. The number of nitrogens with zero attached hydrogens (tertiary/aromatic N) is 3. The first-order valence-electron chi connectivity index (χ1n) is 7.32. The number of aromatic nitrogens is 2. The van der Waals surface area contributed by atoms with Crippen LogP contribution >= 0.6 is 11.6 Å². The number of anilines is 1. The molecule has 0 saturated carbocycles. The molecular weight excluding hydrogens is 326 g/mol. The van der Waals surface area contributed by atoms with Crippen molar-refractivity contribution < 1.29 is 4.52 Å². The number of rotatable bonds is 4. The Kier molecular flexibility index (Phi) is 4.77. The first-order chi connectivity index (χ1) is 11.6. The Morgan fingerprint density at radius 3 is 2.88 bits per heavy atom. The summed E-state index contributed by atoms with van der Waals surface area (Å²) in [5, 5.41) is 7.56. The van der Waals surface area contributed by atoms with Gasteiger partial charge in [0, 0.05) is 16.3 Å². The van der Waals surface area contributed by atoms with Gasteiger partial charge in [-0.3, -0.25) is 0 Å². The van der Waals surface area contributed by atoms with Crippen molar-refractivity contribution in [2.45, 2.75) is 13.5 Å². The van der Waals surface area contributed by atoms with Crippen molar-refractivity contribution in [3.8, 4) is 11.4 Å². The average Bonchev–Trinajstić information content (AvgIpc) is 3.02. The van der Waals surface area contributed by atoms with Crippen LogP contribution in [0.3, 0.4) is 0 Å². The minimum atomic E-state index is 0.193. The third-order valence-corrected chi connectivity index (χ3v) is 3.46. The van der Waals surface area contributed by atoms with E-state index in [1.165, 1.54) is 0 Å². The van der Waals surface area contributed by atoms with Gasteiger partial charge in [-0.1, -0.05) is 41.0 Å². The number of guanidine groups is 1. The number of nitrogens with two attached hydrogens (primary N) is 1. The number of halogens is 1. The fourth-order valence-corrected chi connectivity index (χ4v) is 2.32. The molecule has 3 rings (SSSR count). The number of hydrogen-bond donors (Lipinski definition) is 2. The fraction of sp³-hybridized carbons (Fsp3) is 0.118. The van der Waals surface area contributed by atoms with E-state index < -0.39 is 0 Å². The summed E-state index contributed by atoms with van der Waals surface area (Å²) in [6.07, 6.45) is 0. The third-order valence-electron chi connectivity index (χ3n) is 3.23. The molecule has 3 N–H and O–H groups in total. The Balaban J connectivity index is 1.66. The van der Waals surface area contributed by atoms with Crippen LogP contribution in [0.25, 0.3) is 11.4 Å². The maximum Gasteiger partial charge on any atom is 0.248 e. The average molecular weight is 342 g/mol. The van der Waals surface area contributed by atoms with Crippen LogP contribution < -0.4 is 11.1 Å². The molecule has 3 aromatic rings. The molecule has 0 saturated heterocycles. The van der Waals surface area contributed by atoms with Crippen LogP contribution in [-0.4, -0.2) is 16.1 Å². The van der Waals surface area contributed by atoms with Crippen molar-refractivity contribution in [2.75, 3.05) is 5.32 Å². The number of aryl methyl sites for hydroxylation is 1. The van der Waals surface area contributed by atoms with E-state index in [1.807, 2.05) is 43.3 Å². The van der Waals surface area contributed by atoms with Gasteiger partial charge >= 0.3 is 0 Å². The highest BCUT2D eigenvalue weighted by atomic mass is 35.5. The Bertz CT molecular complexity index is 875. The quantitative estimate of drug-likeness (QED) is 0.558. The highest BCUT2D eigenvalue weighted by molar-refractivity contribution is 6.30. The van der Waals surface area contributed by atoms with E-state index in [-0.39, 0.29) is 12.5 Å². The Labute approximate surface area is 144 Å². The van der Waals surface area contributed by atoms with Crippen molar-refractivity contribution in [3.63, 3.8) is 0 Å². The van der Waals surface area contributed by atoms with E-state index in [0.29, 0.717) is 16.7 Å². The van der Waals surface area contributed by atoms with E-state index in [1.54, 1.807) is 12.1 Å². The zero-order valence-corrected chi connectivity index (χ0v) is 13.8. The molecule has 0 atom stereocenters. The van der Waals surface area contributed by atoms with Gasteiger partial charge in [-0.2, -0.15) is 4.98 Å². The Morgan fingerprint density at radius 2 is 2.08 bits per heavy atom. The molecule has 0 unspecified atom stereocenters. The minimum Gasteiger partial charge on any atom is -0.370 e. The van der Waals surface area contributed by atoms with Gasteiger partial charge in [-0.05, 0) is 36.8 Å². The number of hydrogen-bond acceptors (Lipinski definition) is 4. The number of aliphatic imine (C=N–C) groups is 1. The van der Waals surface area contributed by atoms with Gasteiger partial charge < -0.3 is 15.6 Å². The molecule has 2 aromatic carbocycles. The lowest BCUT2D eigenvalue weighted by Gasteiger charge is -2.05. The molecule has 122 valence electrons. The van der Waals surface area contributed by atoms with E-state index >= 15 is 0 Å². The van der Waals surface area contributed by atoms with Crippen LogP contribution in [0.5, 0.6) is 0 Å². The molecule has 6 nitrogen and oxygen atoms in total. The van der Waals surface area contributed by atoms with Gasteiger partial charge in [-0.15, -0.1) is 0 Å². The molecule has 0 fully saturated rings. The Hall–Kier alpha value is -2.86. The first kappa shape index (κ1) is 16.0. The summed E-state index contributed by atoms with van der Waals surface area (Å²) >= 11 is 5.96. The smallest absolute Gasteiger partial charge is 0.248 e. The lowest BCUT2D eigenvalue weighted by atomic mass is 10.2. The molecule has 1 aromatic heterocycles. The summed E-state index contributed by atoms with van der Waals surface area (Å²) in [6.45, 7) is 2.20. The molecule has 0 spiro atoms. The second-order valence-electron chi connectivity index (χ2n) is 5.22. The second-order valence-corrected chi connectivity index (χ2v) is 5.65. The normalized spacial score (nSPS) is 11.5. The monoisotopic (exact) mass is 341 g/mol. The highest BCUT2D eigenvalue weighted by Gasteiger charge is 2.08. The van der Waals surface area contributed by atoms with Crippen LogP contribution in [0.4, 0.5) is 5.69 Å². The lowest BCUT2D eigenvalue weighted by Crippen LogP contribution is -2.22. The van der Waals surface area contributed by atoms with Gasteiger partial charge in [0.15, 0.2) is 5.96 Å². The van der Waals surface area contributed by atoms with Crippen molar-refractivity contribution >= 4 is 23.2 Å². The van der Waals surface area contributed by atoms with Crippen LogP contribution in [0, 0.1) is 6.92 Å². The molecular formula is C17H16ClN5O. The van der Waals surface area contributed by atoms with Gasteiger partial charge in [-0.25, -0.2) is 4.99 Å².